The van der Waals surface area contributed by atoms with Crippen LogP contribution in [0, 0.1) is 0 Å². The maximum absolute atomic E-state index is 12.3. The lowest BCUT2D eigenvalue weighted by molar-refractivity contribution is -0.688. The topological polar surface area (TPSA) is 38.0 Å². The number of Topliss-reactive ketones (excluding diaryl/α,β-unsaturated/α-hetero) is 2. The van der Waals surface area contributed by atoms with Crippen LogP contribution in [0.1, 0.15) is 26.3 Å². The van der Waals surface area contributed by atoms with E-state index >= 15 is 0 Å². The van der Waals surface area contributed by atoms with Crippen LogP contribution in [-0.2, 0) is 6.54 Å². The first-order valence-corrected chi connectivity index (χ1v) is 7.41. The normalized spacial score (nSPS) is 9.83. The van der Waals surface area contributed by atoms with Crippen LogP contribution < -0.4 is 21.5 Å². The van der Waals surface area contributed by atoms with E-state index in [1.54, 1.807) is 36.4 Å². The molecule has 0 atom stereocenters. The third-order valence-electron chi connectivity index (χ3n) is 3.60. The molecule has 0 unspecified atom stereocenters. The van der Waals surface area contributed by atoms with Crippen molar-refractivity contribution in [1.29, 1.82) is 0 Å². The Morgan fingerprint density at radius 3 is 1.75 bits per heavy atom. The van der Waals surface area contributed by atoms with E-state index in [0.29, 0.717) is 11.1 Å². The predicted molar refractivity (Wildman–Crippen MR) is 87.3 cm³/mol. The van der Waals surface area contributed by atoms with E-state index in [1.807, 2.05) is 53.4 Å². The van der Waals surface area contributed by atoms with Crippen LogP contribution in [0.3, 0.4) is 0 Å². The number of carbonyl (C=O) groups excluding carboxylic acids is 2. The zero-order valence-corrected chi connectivity index (χ0v) is 14.5. The third kappa shape index (κ3) is 4.24. The van der Waals surface area contributed by atoms with Crippen molar-refractivity contribution >= 4 is 11.6 Å². The largest absolute Gasteiger partial charge is 1.00 e. The third-order valence-corrected chi connectivity index (χ3v) is 3.60. The summed E-state index contributed by atoms with van der Waals surface area (Å²) in [7, 11) is 0. The van der Waals surface area contributed by atoms with Gasteiger partial charge in [-0.3, -0.25) is 9.59 Å². The van der Waals surface area contributed by atoms with Crippen molar-refractivity contribution in [3.8, 4) is 0 Å². The zero-order valence-electron chi connectivity index (χ0n) is 12.9. The van der Waals surface area contributed by atoms with Gasteiger partial charge in [0.05, 0.1) is 0 Å². The highest BCUT2D eigenvalue weighted by Gasteiger charge is 2.17. The van der Waals surface area contributed by atoms with Crippen LogP contribution >= 0.6 is 0 Å². The highest BCUT2D eigenvalue weighted by atomic mass is 79.9. The molecule has 0 saturated carbocycles. The first kappa shape index (κ1) is 17.8. The quantitative estimate of drug-likeness (QED) is 0.357. The number of rotatable bonds is 5. The SMILES string of the molecule is O=C(C(=O)c1ccc(C[n+]2ccccc2)cc1)c1ccccc1.[Br-]. The number of aromatic nitrogens is 1. The molecule has 0 bridgehead atoms. The summed E-state index contributed by atoms with van der Waals surface area (Å²) in [6, 6.07) is 21.7. The average molecular weight is 382 g/mol. The first-order valence-electron chi connectivity index (χ1n) is 7.41. The van der Waals surface area contributed by atoms with Crippen LogP contribution in [0.15, 0.2) is 85.2 Å². The summed E-state index contributed by atoms with van der Waals surface area (Å²) < 4.78 is 2.05. The summed E-state index contributed by atoms with van der Waals surface area (Å²) in [5.74, 6) is -0.953. The van der Waals surface area contributed by atoms with Gasteiger partial charge >= 0.3 is 0 Å². The number of carbonyl (C=O) groups is 2. The van der Waals surface area contributed by atoms with Gasteiger partial charge in [0, 0.05) is 28.8 Å². The summed E-state index contributed by atoms with van der Waals surface area (Å²) in [5, 5.41) is 0. The molecule has 4 heteroatoms. The minimum Gasteiger partial charge on any atom is -1.00 e. The molecule has 0 radical (unpaired) electrons. The Kier molecular flexibility index (Phi) is 6.15. The number of nitrogens with zero attached hydrogens (tertiary/aromatic N) is 1. The lowest BCUT2D eigenvalue weighted by Gasteiger charge is -2.02. The Balaban J connectivity index is 0.00000208. The van der Waals surface area contributed by atoms with Crippen LogP contribution in [0.2, 0.25) is 0 Å². The van der Waals surface area contributed by atoms with Crippen molar-refractivity contribution in [2.24, 2.45) is 0 Å². The molecule has 0 amide bonds. The standard InChI is InChI=1S/C20H16NO2.BrH/c22-19(17-7-3-1-4-8-17)20(23)18-11-9-16(10-12-18)15-21-13-5-2-6-14-21;/h1-14H,15H2;1H/q+1;/p-1. The fraction of sp³-hybridized carbons (Fsp3) is 0.0500. The summed E-state index contributed by atoms with van der Waals surface area (Å²) in [6.45, 7) is 0.724. The van der Waals surface area contributed by atoms with Crippen molar-refractivity contribution in [3.63, 3.8) is 0 Å². The lowest BCUT2D eigenvalue weighted by Crippen LogP contribution is -3.00. The minimum absolute atomic E-state index is 0. The van der Waals surface area contributed by atoms with E-state index < -0.39 is 11.6 Å². The van der Waals surface area contributed by atoms with Gasteiger partial charge in [-0.25, -0.2) is 4.57 Å². The monoisotopic (exact) mass is 381 g/mol. The van der Waals surface area contributed by atoms with Crippen LogP contribution in [0.4, 0.5) is 0 Å². The molecule has 1 aromatic heterocycles. The molecule has 0 spiro atoms. The number of ketones is 2. The van der Waals surface area contributed by atoms with Gasteiger partial charge in [-0.1, -0.05) is 60.7 Å². The first-order chi connectivity index (χ1) is 11.2. The second-order valence-corrected chi connectivity index (χ2v) is 5.27. The number of pyridine rings is 1. The number of hydrogen-bond acceptors (Lipinski definition) is 2. The van der Waals surface area contributed by atoms with Crippen LogP contribution in [-0.4, -0.2) is 11.6 Å². The number of benzene rings is 2. The van der Waals surface area contributed by atoms with Crippen molar-refractivity contribution in [1.82, 2.24) is 0 Å². The molecule has 24 heavy (non-hydrogen) atoms. The van der Waals surface area contributed by atoms with E-state index in [9.17, 15) is 9.59 Å². The van der Waals surface area contributed by atoms with Crippen LogP contribution in [0.5, 0.6) is 0 Å². The van der Waals surface area contributed by atoms with Gasteiger partial charge in [-0.05, 0) is 0 Å². The molecule has 3 nitrogen and oxygen atoms in total. The Morgan fingerprint density at radius 2 is 1.17 bits per heavy atom. The molecule has 3 aromatic rings. The summed E-state index contributed by atoms with van der Waals surface area (Å²) in [4.78, 5) is 24.4. The van der Waals surface area contributed by atoms with Crippen LogP contribution in [0.25, 0.3) is 0 Å². The number of halogens is 1. The summed E-state index contributed by atoms with van der Waals surface area (Å²) in [5.41, 5.74) is 1.91. The molecule has 1 heterocycles. The smallest absolute Gasteiger partial charge is 0.233 e. The lowest BCUT2D eigenvalue weighted by atomic mass is 10.0. The Hall–Kier alpha value is -2.59. The Labute approximate surface area is 151 Å². The Bertz CT molecular complexity index is 815. The minimum atomic E-state index is -0.477. The zero-order chi connectivity index (χ0) is 16.1. The van der Waals surface area contributed by atoms with E-state index in [2.05, 4.69) is 0 Å². The number of hydrogen-bond donors (Lipinski definition) is 0. The van der Waals surface area contributed by atoms with Gasteiger partial charge in [-0.2, -0.15) is 0 Å². The molecule has 0 N–H and O–H groups in total. The van der Waals surface area contributed by atoms with Crippen molar-refractivity contribution < 1.29 is 31.1 Å². The highest BCUT2D eigenvalue weighted by Crippen LogP contribution is 2.09. The van der Waals surface area contributed by atoms with Gasteiger partial charge in [-0.15, -0.1) is 0 Å². The van der Waals surface area contributed by atoms with Gasteiger partial charge in [0.25, 0.3) is 0 Å². The maximum Gasteiger partial charge on any atom is 0.233 e. The van der Waals surface area contributed by atoms with Gasteiger partial charge in [0.1, 0.15) is 0 Å². The molecule has 2 aromatic carbocycles. The van der Waals surface area contributed by atoms with Crippen molar-refractivity contribution in [3.05, 3.63) is 102 Å². The highest BCUT2D eigenvalue weighted by molar-refractivity contribution is 6.49. The fourth-order valence-electron chi connectivity index (χ4n) is 2.36. The second-order valence-electron chi connectivity index (χ2n) is 5.27. The van der Waals surface area contributed by atoms with E-state index in [4.69, 9.17) is 0 Å². The molecule has 120 valence electrons. The molecular weight excluding hydrogens is 366 g/mol. The van der Waals surface area contributed by atoms with Crippen molar-refractivity contribution in [2.75, 3.05) is 0 Å². The predicted octanol–water partition coefficient (Wildman–Crippen LogP) is 0.0920. The van der Waals surface area contributed by atoms with Gasteiger partial charge in [0.15, 0.2) is 18.9 Å². The second kappa shape index (κ2) is 8.31. The van der Waals surface area contributed by atoms with Crippen molar-refractivity contribution in [2.45, 2.75) is 6.54 Å². The molecule has 3 rings (SSSR count). The van der Waals surface area contributed by atoms with Gasteiger partial charge in [0.2, 0.25) is 11.6 Å². The summed E-state index contributed by atoms with van der Waals surface area (Å²) in [6.07, 6.45) is 3.97. The molecule has 0 fully saturated rings. The molecule has 0 aliphatic carbocycles. The maximum atomic E-state index is 12.3. The molecule has 0 aliphatic rings. The molecule has 0 saturated heterocycles. The Morgan fingerprint density at radius 1 is 0.667 bits per heavy atom. The summed E-state index contributed by atoms with van der Waals surface area (Å²) >= 11 is 0. The van der Waals surface area contributed by atoms with E-state index in [0.717, 1.165) is 12.1 Å². The fourth-order valence-corrected chi connectivity index (χ4v) is 2.36. The molecule has 0 aliphatic heterocycles. The van der Waals surface area contributed by atoms with Gasteiger partial charge < -0.3 is 17.0 Å². The van der Waals surface area contributed by atoms with E-state index in [-0.39, 0.29) is 17.0 Å². The molecular formula is C20H16BrNO2. The van der Waals surface area contributed by atoms with E-state index in [1.165, 1.54) is 0 Å². The average Bonchev–Trinajstić information content (AvgIpc) is 2.63.